The number of Topliss-reactive ketones (excluding diaryl/α,β-unsaturated/α-hetero) is 1. The van der Waals surface area contributed by atoms with Crippen LogP contribution in [0.3, 0.4) is 0 Å². The summed E-state index contributed by atoms with van der Waals surface area (Å²) in [5, 5.41) is 19.5. The maximum Gasteiger partial charge on any atom is 0.246 e. The smallest absolute Gasteiger partial charge is 0.246 e. The molecular weight excluding hydrogens is 577 g/mol. The number of hydrogen-bond donors (Lipinski definition) is 0. The molecule has 218 valence electrons. The number of fused-ring (bicyclic) bond motifs is 6. The van der Waals surface area contributed by atoms with Gasteiger partial charge in [0, 0.05) is 38.3 Å². The fourth-order valence-corrected chi connectivity index (χ4v) is 8.47. The third-order valence-electron chi connectivity index (χ3n) is 8.44. The minimum atomic E-state index is -0.187. The number of benzene rings is 4. The van der Waals surface area contributed by atoms with Crippen LogP contribution in [-0.4, -0.2) is 5.78 Å². The predicted molar refractivity (Wildman–Crippen MR) is 188 cm³/mol. The normalized spacial score (nSPS) is 17.5. The van der Waals surface area contributed by atoms with Crippen LogP contribution in [0.1, 0.15) is 57.5 Å². The molecule has 0 saturated carbocycles. The van der Waals surface area contributed by atoms with Crippen LogP contribution in [-0.2, 0) is 10.2 Å². The van der Waals surface area contributed by atoms with Crippen LogP contribution in [0.4, 0.5) is 0 Å². The van der Waals surface area contributed by atoms with E-state index in [1.807, 2.05) is 12.2 Å². The van der Waals surface area contributed by atoms with Crippen LogP contribution >= 0.6 is 23.1 Å². The molecule has 4 aromatic carbocycles. The van der Waals surface area contributed by atoms with E-state index in [9.17, 15) is 9.90 Å². The maximum atomic E-state index is 13.7. The van der Waals surface area contributed by atoms with Crippen molar-refractivity contribution < 1.29 is 9.90 Å². The highest BCUT2D eigenvalue weighted by molar-refractivity contribution is 8.03. The summed E-state index contributed by atoms with van der Waals surface area (Å²) in [6.07, 6.45) is 5.80. The van der Waals surface area contributed by atoms with Crippen molar-refractivity contribution in [3.05, 3.63) is 129 Å². The van der Waals surface area contributed by atoms with Crippen LogP contribution in [0, 0.1) is 5.41 Å². The summed E-state index contributed by atoms with van der Waals surface area (Å²) >= 11 is 3.58. The Hall–Kier alpha value is -3.99. The minimum absolute atomic E-state index is 0.0773. The lowest BCUT2D eigenvalue weighted by molar-refractivity contribution is -0.300. The zero-order chi connectivity index (χ0) is 31.0. The fourth-order valence-electron chi connectivity index (χ4n) is 5.86. The second kappa shape index (κ2) is 10.3. The van der Waals surface area contributed by atoms with Crippen LogP contribution in [0.2, 0.25) is 0 Å². The SMILES string of the molecule is CC(C)(C)C1=C/C(=C\C2=C([O-])C(=C/c3cc(C(C)(C)C)[s+]c4c3ccc3ccccc34)/C2=O)c2ccc3ccccc3c2S1. The summed E-state index contributed by atoms with van der Waals surface area (Å²) < 4.78 is 1.18. The summed E-state index contributed by atoms with van der Waals surface area (Å²) in [4.78, 5) is 17.3. The van der Waals surface area contributed by atoms with Crippen LogP contribution in [0.15, 0.2) is 118 Å². The van der Waals surface area contributed by atoms with Gasteiger partial charge in [0.1, 0.15) is 0 Å². The first-order valence-electron chi connectivity index (χ1n) is 15.0. The van der Waals surface area contributed by atoms with Crippen LogP contribution < -0.4 is 5.11 Å². The van der Waals surface area contributed by atoms with Crippen LogP contribution in [0.5, 0.6) is 0 Å². The number of ketones is 1. The molecular formula is C40H34O2S2. The summed E-state index contributed by atoms with van der Waals surface area (Å²) in [6, 6.07) is 27.4. The number of carbonyl (C=O) groups excluding carboxylic acids is 1. The zero-order valence-corrected chi connectivity index (χ0v) is 27.5. The van der Waals surface area contributed by atoms with E-state index in [-0.39, 0.29) is 33.5 Å². The van der Waals surface area contributed by atoms with Gasteiger partial charge in [-0.2, -0.15) is 0 Å². The maximum absolute atomic E-state index is 13.7. The molecule has 0 bridgehead atoms. The summed E-state index contributed by atoms with van der Waals surface area (Å²) in [5.41, 5.74) is 3.25. The first-order chi connectivity index (χ1) is 20.9. The van der Waals surface area contributed by atoms with Gasteiger partial charge in [-0.1, -0.05) is 120 Å². The van der Waals surface area contributed by atoms with E-state index in [1.54, 1.807) is 23.1 Å². The van der Waals surface area contributed by atoms with E-state index in [2.05, 4.69) is 126 Å². The van der Waals surface area contributed by atoms with Gasteiger partial charge >= 0.3 is 0 Å². The first-order valence-corrected chi connectivity index (χ1v) is 16.6. The second-order valence-electron chi connectivity index (χ2n) is 13.7. The highest BCUT2D eigenvalue weighted by Gasteiger charge is 2.31. The van der Waals surface area contributed by atoms with E-state index in [4.69, 9.17) is 0 Å². The van der Waals surface area contributed by atoms with E-state index in [0.29, 0.717) is 0 Å². The Balaban J connectivity index is 1.38. The molecule has 44 heavy (non-hydrogen) atoms. The number of allylic oxidation sites excluding steroid dienone is 6. The molecule has 2 heterocycles. The molecule has 0 unspecified atom stereocenters. The van der Waals surface area contributed by atoms with E-state index < -0.39 is 0 Å². The van der Waals surface area contributed by atoms with Gasteiger partial charge in [0.15, 0.2) is 5.78 Å². The second-order valence-corrected chi connectivity index (χ2v) is 15.8. The topological polar surface area (TPSA) is 40.1 Å². The van der Waals surface area contributed by atoms with Gasteiger partial charge < -0.3 is 5.11 Å². The summed E-state index contributed by atoms with van der Waals surface area (Å²) in [7, 11) is 0. The Labute approximate surface area is 267 Å². The van der Waals surface area contributed by atoms with Crippen LogP contribution in [0.25, 0.3) is 43.3 Å². The largest absolute Gasteiger partial charge is 0.871 e. The first kappa shape index (κ1) is 28.8. The monoisotopic (exact) mass is 610 g/mol. The average Bonchev–Trinajstić information content (AvgIpc) is 3.00. The molecule has 4 heteroatoms. The molecule has 2 aliphatic rings. The molecule has 0 N–H and O–H groups in total. The third kappa shape index (κ3) is 4.81. The lowest BCUT2D eigenvalue weighted by Crippen LogP contribution is -2.29. The molecule has 1 aromatic heterocycles. The Morgan fingerprint density at radius 1 is 0.750 bits per heavy atom. The van der Waals surface area contributed by atoms with Crippen molar-refractivity contribution in [3.8, 4) is 0 Å². The highest BCUT2D eigenvalue weighted by Crippen LogP contribution is 2.50. The van der Waals surface area contributed by atoms with E-state index in [0.717, 1.165) is 22.1 Å². The van der Waals surface area contributed by atoms with E-state index >= 15 is 0 Å². The zero-order valence-electron chi connectivity index (χ0n) is 25.9. The number of thioether (sulfide) groups is 1. The lowest BCUT2D eigenvalue weighted by Gasteiger charge is -2.31. The summed E-state index contributed by atoms with van der Waals surface area (Å²) in [5.74, 6) is -0.375. The lowest BCUT2D eigenvalue weighted by atomic mass is 9.83. The molecule has 2 nitrogen and oxygen atoms in total. The van der Waals surface area contributed by atoms with Crippen molar-refractivity contribution in [3.63, 3.8) is 0 Å². The Kier molecular flexibility index (Phi) is 6.73. The molecule has 5 aromatic rings. The van der Waals surface area contributed by atoms with Gasteiger partial charge in [-0.05, 0) is 73.5 Å². The minimum Gasteiger partial charge on any atom is -0.871 e. The molecule has 1 aliphatic heterocycles. The standard InChI is InChI=1S/C40H34O2S2/c1-39(2,3)33-21-25(29-17-15-23-11-7-9-13-27(23)37(29)43-33)19-31-35(41)32(36(31)42)20-26-22-34(40(4,5)6)44-38-28-14-10-8-12-24(28)16-18-30(26)38/h7-22H,1-6H3. The number of carbonyl (C=O) groups is 1. The van der Waals surface area contributed by atoms with E-state index in [1.165, 1.54) is 40.9 Å². The molecule has 0 spiro atoms. The average molecular weight is 611 g/mol. The van der Waals surface area contributed by atoms with Gasteiger partial charge in [-0.15, -0.1) is 0 Å². The number of rotatable bonds is 2. The van der Waals surface area contributed by atoms with Gasteiger partial charge in [-0.25, -0.2) is 0 Å². The van der Waals surface area contributed by atoms with Gasteiger partial charge in [-0.3, -0.25) is 4.79 Å². The quantitative estimate of drug-likeness (QED) is 0.113. The Bertz CT molecular complexity index is 2180. The molecule has 0 radical (unpaired) electrons. The van der Waals surface area contributed by atoms with Crippen molar-refractivity contribution in [2.45, 2.75) is 51.9 Å². The van der Waals surface area contributed by atoms with Crippen molar-refractivity contribution in [2.24, 2.45) is 5.41 Å². The molecule has 0 fully saturated rings. The van der Waals surface area contributed by atoms with Crippen molar-refractivity contribution in [2.75, 3.05) is 0 Å². The van der Waals surface area contributed by atoms with Gasteiger partial charge in [0.05, 0.1) is 0 Å². The van der Waals surface area contributed by atoms with Crippen molar-refractivity contribution in [1.29, 1.82) is 0 Å². The van der Waals surface area contributed by atoms with Crippen molar-refractivity contribution in [1.82, 2.24) is 0 Å². The summed E-state index contributed by atoms with van der Waals surface area (Å²) in [6.45, 7) is 13.2. The third-order valence-corrected chi connectivity index (χ3v) is 11.6. The predicted octanol–water partition coefficient (Wildman–Crippen LogP) is 10.5. The highest BCUT2D eigenvalue weighted by atomic mass is 32.2. The molecule has 1 aliphatic carbocycles. The fraction of sp³-hybridized carbons (Fsp3) is 0.200. The van der Waals surface area contributed by atoms with Gasteiger partial charge in [0.2, 0.25) is 20.9 Å². The Morgan fingerprint density at radius 2 is 1.41 bits per heavy atom. The van der Waals surface area contributed by atoms with Gasteiger partial charge in [0.25, 0.3) is 0 Å². The molecule has 0 atom stereocenters. The number of hydrogen-bond acceptors (Lipinski definition) is 3. The molecule has 0 saturated heterocycles. The Morgan fingerprint density at radius 3 is 2.09 bits per heavy atom. The van der Waals surface area contributed by atoms with Crippen molar-refractivity contribution >= 4 is 72.2 Å². The molecule has 0 amide bonds. The molecule has 7 rings (SSSR count).